The fourth-order valence-corrected chi connectivity index (χ4v) is 3.79. The average Bonchev–Trinajstić information content (AvgIpc) is 3.15. The predicted molar refractivity (Wildman–Crippen MR) is 124 cm³/mol. The molecule has 0 radical (unpaired) electrons. The molecule has 0 atom stereocenters. The molecule has 178 valence electrons. The van der Waals surface area contributed by atoms with Gasteiger partial charge in [0.25, 0.3) is 5.91 Å². The van der Waals surface area contributed by atoms with Crippen LogP contribution in [0.2, 0.25) is 0 Å². The van der Waals surface area contributed by atoms with Crippen molar-refractivity contribution in [3.05, 3.63) is 59.7 Å². The number of carboxylic acids is 1. The van der Waals surface area contributed by atoms with Crippen molar-refractivity contribution < 1.29 is 57.2 Å². The van der Waals surface area contributed by atoms with Crippen molar-refractivity contribution in [1.82, 2.24) is 0 Å². The van der Waals surface area contributed by atoms with Gasteiger partial charge in [-0.05, 0) is 48.0 Å². The second-order valence-electron chi connectivity index (χ2n) is 7.27. The van der Waals surface area contributed by atoms with Gasteiger partial charge in [0, 0.05) is 18.8 Å². The van der Waals surface area contributed by atoms with Gasteiger partial charge in [-0.1, -0.05) is 12.1 Å². The molecule has 3 rings (SSSR count). The molecule has 13 heteroatoms. The van der Waals surface area contributed by atoms with Gasteiger partial charge in [-0.3, -0.25) is 4.79 Å². The Kier molecular flexibility index (Phi) is 9.93. The molecule has 0 saturated heterocycles. The minimum absolute atomic E-state index is 0. The van der Waals surface area contributed by atoms with Crippen LogP contribution in [0.5, 0.6) is 0 Å². The smallest absolute Gasteiger partial charge is 0.744 e. The number of hydrogen-bond acceptors (Lipinski definition) is 9. The van der Waals surface area contributed by atoms with Gasteiger partial charge in [-0.15, -0.1) is 0 Å². The van der Waals surface area contributed by atoms with E-state index in [4.69, 9.17) is 10.5 Å². The van der Waals surface area contributed by atoms with E-state index >= 15 is 0 Å². The molecule has 2 aromatic rings. The van der Waals surface area contributed by atoms with Gasteiger partial charge in [0.1, 0.15) is 10.1 Å². The summed E-state index contributed by atoms with van der Waals surface area (Å²) in [6.45, 7) is 0.878. The number of carboxylic acid groups (broad SMARTS) is 1. The fraction of sp³-hybridized carbons (Fsp3) is 0.174. The Morgan fingerprint density at radius 3 is 2.08 bits per heavy atom. The Morgan fingerprint density at radius 1 is 1.06 bits per heavy atom. The Labute approximate surface area is 229 Å². The third-order valence-corrected chi connectivity index (χ3v) is 5.86. The van der Waals surface area contributed by atoms with Crippen LogP contribution < -0.4 is 39.5 Å². The Balaban J connectivity index is 0.00000456. The molecular formula is C23H18N5NaO6S. The molecule has 1 N–H and O–H groups in total. The molecule has 1 amide bonds. The van der Waals surface area contributed by atoms with E-state index in [9.17, 15) is 27.7 Å². The summed E-state index contributed by atoms with van der Waals surface area (Å²) in [5, 5.41) is 31.9. The van der Waals surface area contributed by atoms with E-state index in [-0.39, 0.29) is 53.7 Å². The second-order valence-corrected chi connectivity index (χ2v) is 8.65. The summed E-state index contributed by atoms with van der Waals surface area (Å²) in [5.74, 6) is -2.17. The first-order valence-corrected chi connectivity index (χ1v) is 11.6. The van der Waals surface area contributed by atoms with Crippen LogP contribution in [0.25, 0.3) is 6.08 Å². The first-order valence-electron chi connectivity index (χ1n) is 10.2. The summed E-state index contributed by atoms with van der Waals surface area (Å²) in [6.07, 6.45) is 1.92. The van der Waals surface area contributed by atoms with Crippen LogP contribution in [0.1, 0.15) is 18.4 Å². The van der Waals surface area contributed by atoms with Crippen molar-refractivity contribution in [2.45, 2.75) is 17.7 Å². The molecule has 1 aliphatic heterocycles. The number of rotatable bonds is 9. The molecule has 1 heterocycles. The minimum atomic E-state index is -4.68. The van der Waals surface area contributed by atoms with Gasteiger partial charge in [-0.2, -0.15) is 20.6 Å². The summed E-state index contributed by atoms with van der Waals surface area (Å²) in [5.41, 5.74) is 0.685. The first-order chi connectivity index (χ1) is 16.7. The van der Waals surface area contributed by atoms with E-state index in [2.05, 4.69) is 17.2 Å². The van der Waals surface area contributed by atoms with Gasteiger partial charge in [0.15, 0.2) is 5.71 Å². The van der Waals surface area contributed by atoms with Crippen molar-refractivity contribution in [2.75, 3.05) is 23.0 Å². The standard InChI is InChI=1S/C23H19N5O6S.Na/c24-11-1-13-27(14-2-12-25)17-5-3-16(4-6-17)15-20-21(23(30)31)26-28(22(20)29)18-7-9-19(10-8-18)35(32,33)34;/h3-10,15H,1-2,13-14H2,(H,30,31)(H,32,33,34);/q;+1/p-1/b20-15+;. The van der Waals surface area contributed by atoms with Gasteiger partial charge >= 0.3 is 35.5 Å². The van der Waals surface area contributed by atoms with Gasteiger partial charge in [0.2, 0.25) is 0 Å². The van der Waals surface area contributed by atoms with Crippen LogP contribution in [-0.2, 0) is 19.7 Å². The number of anilines is 2. The summed E-state index contributed by atoms with van der Waals surface area (Å²) >= 11 is 0. The van der Waals surface area contributed by atoms with E-state index < -0.39 is 32.6 Å². The molecule has 2 aromatic carbocycles. The van der Waals surface area contributed by atoms with E-state index in [0.717, 1.165) is 22.8 Å². The maximum atomic E-state index is 12.9. The summed E-state index contributed by atoms with van der Waals surface area (Å²) in [4.78, 5) is 26.1. The van der Waals surface area contributed by atoms with Crippen LogP contribution >= 0.6 is 0 Å². The first kappa shape index (κ1) is 28.7. The van der Waals surface area contributed by atoms with Gasteiger partial charge in [0.05, 0.1) is 41.1 Å². The molecule has 0 aromatic heterocycles. The number of carbonyl (C=O) groups is 2. The molecule has 0 spiro atoms. The van der Waals surface area contributed by atoms with E-state index in [0.29, 0.717) is 18.7 Å². The molecule has 1 aliphatic rings. The molecule has 0 saturated carbocycles. The number of nitriles is 2. The normalized spacial score (nSPS) is 14.0. The van der Waals surface area contributed by atoms with E-state index in [1.54, 1.807) is 24.3 Å². The summed E-state index contributed by atoms with van der Waals surface area (Å²) in [6, 6.07) is 15.3. The van der Waals surface area contributed by atoms with E-state index in [1.807, 2.05) is 4.90 Å². The number of hydrazone groups is 1. The third kappa shape index (κ3) is 6.79. The quantitative estimate of drug-likeness (QED) is 0.252. The van der Waals surface area contributed by atoms with Crippen molar-refractivity contribution in [2.24, 2.45) is 5.10 Å². The molecule has 0 bridgehead atoms. The molecule has 0 unspecified atom stereocenters. The third-order valence-electron chi connectivity index (χ3n) is 5.01. The van der Waals surface area contributed by atoms with Crippen molar-refractivity contribution in [3.63, 3.8) is 0 Å². The van der Waals surface area contributed by atoms with Crippen LogP contribution in [0, 0.1) is 22.7 Å². The van der Waals surface area contributed by atoms with Crippen LogP contribution in [0.3, 0.4) is 0 Å². The fourth-order valence-electron chi connectivity index (χ4n) is 3.32. The number of nitrogens with zero attached hydrogens (tertiary/aromatic N) is 5. The second kappa shape index (κ2) is 12.4. The number of benzene rings is 2. The zero-order chi connectivity index (χ0) is 25.6. The van der Waals surface area contributed by atoms with Crippen LogP contribution in [0.4, 0.5) is 11.4 Å². The maximum absolute atomic E-state index is 12.9. The topological polar surface area (TPSA) is 178 Å². The SMILES string of the molecule is N#CCCN(CCC#N)c1ccc(/C=C2/C(=O)N(c3ccc(S(=O)(=O)[O-])cc3)N=C2C(=O)O)cc1.[Na+]. The Hall–Kier alpha value is -3.52. The number of hydrogen-bond donors (Lipinski definition) is 1. The number of carbonyl (C=O) groups excluding carboxylic acids is 1. The molecular weight excluding hydrogens is 497 g/mol. The largest absolute Gasteiger partial charge is 1.00 e. The molecule has 0 aliphatic carbocycles. The molecule has 36 heavy (non-hydrogen) atoms. The van der Waals surface area contributed by atoms with E-state index in [1.165, 1.54) is 18.2 Å². The molecule has 0 fully saturated rings. The summed E-state index contributed by atoms with van der Waals surface area (Å²) in [7, 11) is -4.68. The van der Waals surface area contributed by atoms with Crippen molar-refractivity contribution >= 4 is 45.2 Å². The Morgan fingerprint density at radius 2 is 1.61 bits per heavy atom. The Bertz CT molecular complexity index is 1370. The van der Waals surface area contributed by atoms with Gasteiger partial charge < -0.3 is 14.6 Å². The van der Waals surface area contributed by atoms with Crippen molar-refractivity contribution in [3.8, 4) is 12.1 Å². The predicted octanol–water partition coefficient (Wildman–Crippen LogP) is -0.901. The minimum Gasteiger partial charge on any atom is -0.744 e. The average molecular weight is 515 g/mol. The number of amides is 1. The van der Waals surface area contributed by atoms with Crippen LogP contribution in [0.15, 0.2) is 64.1 Å². The van der Waals surface area contributed by atoms with Crippen molar-refractivity contribution in [1.29, 1.82) is 10.5 Å². The zero-order valence-corrected chi connectivity index (χ0v) is 22.0. The maximum Gasteiger partial charge on any atom is 1.00 e. The summed E-state index contributed by atoms with van der Waals surface area (Å²) < 4.78 is 33.3. The van der Waals surface area contributed by atoms with Crippen LogP contribution in [-0.4, -0.2) is 48.8 Å². The zero-order valence-electron chi connectivity index (χ0n) is 19.2. The monoisotopic (exact) mass is 515 g/mol. The molecule has 11 nitrogen and oxygen atoms in total. The van der Waals surface area contributed by atoms with Gasteiger partial charge in [-0.25, -0.2) is 13.2 Å². The number of aliphatic carboxylic acids is 1.